The molecule has 0 radical (unpaired) electrons. The first kappa shape index (κ1) is 27.3. The van der Waals surface area contributed by atoms with Gasteiger partial charge in [-0.15, -0.1) is 0 Å². The largest absolute Gasteiger partial charge is 0.491 e. The molecule has 2 aromatic rings. The van der Waals surface area contributed by atoms with E-state index in [4.69, 9.17) is 16.3 Å². The highest BCUT2D eigenvalue weighted by Gasteiger charge is 2.43. The molecule has 0 N–H and O–H groups in total. The van der Waals surface area contributed by atoms with E-state index in [2.05, 4.69) is 14.6 Å². The molecule has 3 heterocycles. The molecule has 2 atom stereocenters. The van der Waals surface area contributed by atoms with Gasteiger partial charge >= 0.3 is 18.1 Å². The molecule has 0 spiro atoms. The van der Waals surface area contributed by atoms with E-state index in [9.17, 15) is 22.8 Å². The predicted octanol–water partition coefficient (Wildman–Crippen LogP) is 4.42. The van der Waals surface area contributed by atoms with Crippen LogP contribution in [0.5, 0.6) is 0 Å². The minimum Gasteiger partial charge on any atom is -0.383 e. The Morgan fingerprint density at radius 3 is 2.49 bits per heavy atom. The summed E-state index contributed by atoms with van der Waals surface area (Å²) in [6.45, 7) is 4.21. The highest BCUT2D eigenvalue weighted by atomic mass is 35.5. The molecule has 0 saturated carbocycles. The Hall–Kier alpha value is -2.76. The Morgan fingerprint density at radius 2 is 1.84 bits per heavy atom. The van der Waals surface area contributed by atoms with Gasteiger partial charge in [0.05, 0.1) is 12.7 Å². The second kappa shape index (κ2) is 11.3. The molecule has 200 valence electrons. The standard InChI is InChI=1S/C25H26ClF4N3O4/c1-15-13-33(19(14-36-15)12-16-2-4-17(26)5-3-16)18-7-10-32(11-8-18)22-21(27)20(6-9-31-22)23(34)37-24(35)25(28,29)30/h2-6,9,15,18-19H,7-8,10-14H2,1H3/t15-,19-/m0/s1. The van der Waals surface area contributed by atoms with Crippen molar-refractivity contribution in [1.29, 1.82) is 0 Å². The first-order chi connectivity index (χ1) is 17.5. The number of pyridine rings is 1. The number of hydrogen-bond donors (Lipinski definition) is 0. The number of carbonyl (C=O) groups is 2. The molecular weight excluding hydrogens is 518 g/mol. The second-order valence-corrected chi connectivity index (χ2v) is 9.65. The smallest absolute Gasteiger partial charge is 0.383 e. The molecule has 0 aliphatic carbocycles. The van der Waals surface area contributed by atoms with Crippen molar-refractivity contribution in [3.8, 4) is 0 Å². The highest BCUT2D eigenvalue weighted by Crippen LogP contribution is 2.29. The summed E-state index contributed by atoms with van der Waals surface area (Å²) in [4.78, 5) is 31.0. The minimum atomic E-state index is -5.37. The van der Waals surface area contributed by atoms with E-state index in [1.165, 1.54) is 0 Å². The zero-order valence-corrected chi connectivity index (χ0v) is 20.8. The molecule has 4 rings (SSSR count). The van der Waals surface area contributed by atoms with Gasteiger partial charge in [0, 0.05) is 42.9 Å². The molecule has 2 aliphatic heterocycles. The van der Waals surface area contributed by atoms with E-state index in [1.807, 2.05) is 31.2 Å². The average molecular weight is 544 g/mol. The van der Waals surface area contributed by atoms with Crippen LogP contribution >= 0.6 is 11.6 Å². The van der Waals surface area contributed by atoms with Crippen molar-refractivity contribution in [1.82, 2.24) is 9.88 Å². The third kappa shape index (κ3) is 6.58. The van der Waals surface area contributed by atoms with Crippen LogP contribution in [0.1, 0.15) is 35.7 Å². The fourth-order valence-corrected chi connectivity index (χ4v) is 4.93. The van der Waals surface area contributed by atoms with Gasteiger partial charge in [0.15, 0.2) is 11.6 Å². The maximum Gasteiger partial charge on any atom is 0.491 e. The van der Waals surface area contributed by atoms with Crippen LogP contribution < -0.4 is 4.90 Å². The number of nitrogens with zero attached hydrogens (tertiary/aromatic N) is 3. The number of benzene rings is 1. The van der Waals surface area contributed by atoms with Gasteiger partial charge in [0.2, 0.25) is 0 Å². The lowest BCUT2D eigenvalue weighted by atomic mass is 9.96. The van der Waals surface area contributed by atoms with Crippen LogP contribution in [-0.2, 0) is 20.7 Å². The first-order valence-electron chi connectivity index (χ1n) is 11.9. The lowest BCUT2D eigenvalue weighted by Crippen LogP contribution is -2.56. The van der Waals surface area contributed by atoms with Crippen molar-refractivity contribution >= 4 is 29.4 Å². The van der Waals surface area contributed by atoms with Crippen LogP contribution in [0.15, 0.2) is 36.5 Å². The summed E-state index contributed by atoms with van der Waals surface area (Å²) in [6, 6.07) is 8.96. The van der Waals surface area contributed by atoms with Crippen LogP contribution in [0.4, 0.5) is 23.4 Å². The summed E-state index contributed by atoms with van der Waals surface area (Å²) in [5, 5.41) is 0.673. The molecule has 1 aromatic heterocycles. The number of anilines is 1. The van der Waals surface area contributed by atoms with E-state index in [-0.39, 0.29) is 24.0 Å². The highest BCUT2D eigenvalue weighted by molar-refractivity contribution is 6.30. The van der Waals surface area contributed by atoms with E-state index >= 15 is 4.39 Å². The number of ether oxygens (including phenoxy) is 2. The van der Waals surface area contributed by atoms with Gasteiger partial charge in [0.1, 0.15) is 5.56 Å². The quantitative estimate of drug-likeness (QED) is 0.314. The lowest BCUT2D eigenvalue weighted by molar-refractivity contribution is -0.193. The minimum absolute atomic E-state index is 0.0701. The Labute approximate surface area is 216 Å². The zero-order valence-electron chi connectivity index (χ0n) is 20.0. The van der Waals surface area contributed by atoms with Gasteiger partial charge in [-0.1, -0.05) is 23.7 Å². The molecule has 7 nitrogen and oxygen atoms in total. The lowest BCUT2D eigenvalue weighted by Gasteiger charge is -2.46. The normalized spacial score (nSPS) is 21.6. The molecule has 0 bridgehead atoms. The molecule has 37 heavy (non-hydrogen) atoms. The van der Waals surface area contributed by atoms with E-state index in [1.54, 1.807) is 4.90 Å². The number of hydrogen-bond acceptors (Lipinski definition) is 7. The first-order valence-corrected chi connectivity index (χ1v) is 12.2. The van der Waals surface area contributed by atoms with Crippen LogP contribution in [0.3, 0.4) is 0 Å². The van der Waals surface area contributed by atoms with Gasteiger partial charge in [0.25, 0.3) is 0 Å². The van der Waals surface area contributed by atoms with Crippen molar-refractivity contribution in [3.05, 3.63) is 58.5 Å². The third-order valence-electron chi connectivity index (χ3n) is 6.64. The Bertz CT molecular complexity index is 1120. The number of aromatic nitrogens is 1. The van der Waals surface area contributed by atoms with Gasteiger partial charge in [-0.3, -0.25) is 4.90 Å². The number of morpholine rings is 1. The van der Waals surface area contributed by atoms with Gasteiger partial charge < -0.3 is 14.4 Å². The number of esters is 2. The topological polar surface area (TPSA) is 72.0 Å². The fraction of sp³-hybridized carbons (Fsp3) is 0.480. The fourth-order valence-electron chi connectivity index (χ4n) is 4.80. The average Bonchev–Trinajstić information content (AvgIpc) is 2.86. The summed E-state index contributed by atoms with van der Waals surface area (Å²) in [5.74, 6) is -5.71. The summed E-state index contributed by atoms with van der Waals surface area (Å²) in [5.41, 5.74) is 0.365. The number of alkyl halides is 3. The van der Waals surface area contributed by atoms with Crippen molar-refractivity contribution in [2.24, 2.45) is 0 Å². The molecule has 2 saturated heterocycles. The second-order valence-electron chi connectivity index (χ2n) is 9.21. The van der Waals surface area contributed by atoms with Crippen molar-refractivity contribution < 1.29 is 36.6 Å². The molecular formula is C25H26ClF4N3O4. The van der Waals surface area contributed by atoms with Gasteiger partial charge in [-0.05, 0) is 49.9 Å². The molecule has 0 unspecified atom stereocenters. The Balaban J connectivity index is 1.42. The molecule has 2 fully saturated rings. The van der Waals surface area contributed by atoms with Crippen LogP contribution in [-0.4, -0.2) is 72.4 Å². The number of piperidine rings is 1. The van der Waals surface area contributed by atoms with E-state index in [0.717, 1.165) is 30.8 Å². The summed E-state index contributed by atoms with van der Waals surface area (Å²) >= 11 is 6.01. The molecule has 0 amide bonds. The van der Waals surface area contributed by atoms with Crippen LogP contribution in [0, 0.1) is 5.82 Å². The number of carbonyl (C=O) groups excluding carboxylic acids is 2. The SMILES string of the molecule is C[C@H]1CN(C2CCN(c3nccc(C(=O)OC(=O)C(F)(F)F)c3F)CC2)[C@@H](Cc2ccc(Cl)cc2)CO1. The Morgan fingerprint density at radius 1 is 1.16 bits per heavy atom. The summed E-state index contributed by atoms with van der Waals surface area (Å²) in [7, 11) is 0. The molecule has 2 aliphatic rings. The summed E-state index contributed by atoms with van der Waals surface area (Å²) < 4.78 is 62.0. The molecule has 1 aromatic carbocycles. The molecule has 12 heteroatoms. The monoisotopic (exact) mass is 543 g/mol. The van der Waals surface area contributed by atoms with Crippen molar-refractivity contribution in [3.63, 3.8) is 0 Å². The van der Waals surface area contributed by atoms with Gasteiger partial charge in [-0.2, -0.15) is 13.2 Å². The van der Waals surface area contributed by atoms with Crippen LogP contribution in [0.25, 0.3) is 0 Å². The van der Waals surface area contributed by atoms with Gasteiger partial charge in [-0.25, -0.2) is 19.0 Å². The van der Waals surface area contributed by atoms with Crippen molar-refractivity contribution in [2.45, 2.75) is 50.6 Å². The van der Waals surface area contributed by atoms with Crippen LogP contribution in [0.2, 0.25) is 5.02 Å². The zero-order chi connectivity index (χ0) is 26.7. The third-order valence-corrected chi connectivity index (χ3v) is 6.89. The number of halogens is 5. The summed E-state index contributed by atoms with van der Waals surface area (Å²) in [6.07, 6.45) is -2.03. The maximum absolute atomic E-state index is 15.1. The van der Waals surface area contributed by atoms with E-state index in [0.29, 0.717) is 37.6 Å². The number of rotatable bonds is 5. The van der Waals surface area contributed by atoms with E-state index < -0.39 is 29.5 Å². The maximum atomic E-state index is 15.1. The predicted molar refractivity (Wildman–Crippen MR) is 127 cm³/mol. The Kier molecular flexibility index (Phi) is 8.35. The van der Waals surface area contributed by atoms with Crippen molar-refractivity contribution in [2.75, 3.05) is 31.1 Å².